The van der Waals surface area contributed by atoms with Crippen molar-refractivity contribution in [2.75, 3.05) is 26.2 Å². The van der Waals surface area contributed by atoms with Crippen LogP contribution in [-0.4, -0.2) is 52.8 Å². The maximum absolute atomic E-state index is 13.3. The highest BCUT2D eigenvalue weighted by molar-refractivity contribution is 6.00. The molecule has 2 aliphatic rings. The van der Waals surface area contributed by atoms with Crippen LogP contribution < -0.4 is 0 Å². The highest BCUT2D eigenvalue weighted by atomic mass is 16.2. The van der Waals surface area contributed by atoms with E-state index in [0.29, 0.717) is 37.3 Å². The smallest absolute Gasteiger partial charge is 0.255 e. The number of amides is 2. The molecule has 34 heavy (non-hydrogen) atoms. The first-order valence-corrected chi connectivity index (χ1v) is 11.7. The van der Waals surface area contributed by atoms with Crippen molar-refractivity contribution in [1.82, 2.24) is 14.8 Å². The molecule has 5 nitrogen and oxygen atoms in total. The lowest BCUT2D eigenvalue weighted by Gasteiger charge is -2.29. The molecule has 0 radical (unpaired) electrons. The van der Waals surface area contributed by atoms with E-state index >= 15 is 0 Å². The van der Waals surface area contributed by atoms with Gasteiger partial charge in [-0.2, -0.15) is 0 Å². The first kappa shape index (κ1) is 21.8. The zero-order valence-electron chi connectivity index (χ0n) is 19.1. The number of hydrogen-bond acceptors (Lipinski definition) is 3. The van der Waals surface area contributed by atoms with Crippen LogP contribution in [0.25, 0.3) is 11.1 Å². The van der Waals surface area contributed by atoms with Crippen LogP contribution in [0.4, 0.5) is 0 Å². The van der Waals surface area contributed by atoms with Gasteiger partial charge < -0.3 is 9.80 Å². The molecule has 170 valence electrons. The minimum absolute atomic E-state index is 0.0906. The van der Waals surface area contributed by atoms with Gasteiger partial charge in [0, 0.05) is 38.6 Å². The first-order chi connectivity index (χ1) is 16.7. The van der Waals surface area contributed by atoms with Crippen molar-refractivity contribution in [2.45, 2.75) is 12.8 Å². The van der Waals surface area contributed by atoms with Crippen molar-refractivity contribution in [1.29, 1.82) is 0 Å². The molecule has 1 aromatic heterocycles. The van der Waals surface area contributed by atoms with E-state index in [0.717, 1.165) is 35.1 Å². The third-order valence-electron chi connectivity index (χ3n) is 6.40. The predicted octanol–water partition coefficient (Wildman–Crippen LogP) is 4.94. The Balaban J connectivity index is 1.30. The second kappa shape index (κ2) is 9.87. The predicted molar refractivity (Wildman–Crippen MR) is 134 cm³/mol. The number of rotatable bonds is 4. The van der Waals surface area contributed by atoms with Gasteiger partial charge in [-0.15, -0.1) is 0 Å². The van der Waals surface area contributed by atoms with Crippen LogP contribution in [0.3, 0.4) is 0 Å². The zero-order chi connectivity index (χ0) is 23.3. The quantitative estimate of drug-likeness (QED) is 0.567. The van der Waals surface area contributed by atoms with E-state index < -0.39 is 0 Å². The molecule has 0 fully saturated rings. The number of aromatic nitrogens is 1. The summed E-state index contributed by atoms with van der Waals surface area (Å²) in [5.74, 6) is -0.181. The SMILES string of the molecule is O=C(c1cncc(C(=O)N2CCC=C(c3ccccc3)C2)c1)N1CCC=C(c2ccccc2)C1. The van der Waals surface area contributed by atoms with Crippen molar-refractivity contribution in [3.05, 3.63) is 114 Å². The van der Waals surface area contributed by atoms with E-state index in [1.807, 2.05) is 46.2 Å². The Morgan fingerprint density at radius 3 is 1.53 bits per heavy atom. The molecule has 0 spiro atoms. The van der Waals surface area contributed by atoms with Crippen LogP contribution >= 0.6 is 0 Å². The third-order valence-corrected chi connectivity index (χ3v) is 6.40. The number of hydrogen-bond donors (Lipinski definition) is 0. The van der Waals surface area contributed by atoms with Gasteiger partial charge in [0.2, 0.25) is 0 Å². The topological polar surface area (TPSA) is 53.5 Å². The average Bonchev–Trinajstić information content (AvgIpc) is 2.93. The average molecular weight is 450 g/mol. The highest BCUT2D eigenvalue weighted by Gasteiger charge is 2.24. The Bertz CT molecular complexity index is 1150. The normalized spacial score (nSPS) is 16.0. The Kier molecular flexibility index (Phi) is 6.34. The largest absolute Gasteiger partial charge is 0.334 e. The van der Waals surface area contributed by atoms with Crippen LogP contribution in [0.2, 0.25) is 0 Å². The Labute approximate surface area is 200 Å². The van der Waals surface area contributed by atoms with Gasteiger partial charge in [0.15, 0.2) is 0 Å². The molecule has 5 heteroatoms. The van der Waals surface area contributed by atoms with E-state index in [2.05, 4.69) is 41.4 Å². The van der Waals surface area contributed by atoms with Crippen molar-refractivity contribution in [2.24, 2.45) is 0 Å². The molecule has 5 rings (SSSR count). The molecule has 0 bridgehead atoms. The molecule has 2 aromatic carbocycles. The number of pyridine rings is 1. The fourth-order valence-electron chi connectivity index (χ4n) is 4.60. The van der Waals surface area contributed by atoms with Gasteiger partial charge in [0.05, 0.1) is 11.1 Å². The molecule has 0 aliphatic carbocycles. The van der Waals surface area contributed by atoms with E-state index in [1.54, 1.807) is 18.5 Å². The second-order valence-corrected chi connectivity index (χ2v) is 8.68. The molecule has 2 amide bonds. The minimum atomic E-state index is -0.0906. The number of nitrogens with zero attached hydrogens (tertiary/aromatic N) is 3. The summed E-state index contributed by atoms with van der Waals surface area (Å²) in [6.07, 6.45) is 9.14. The van der Waals surface area contributed by atoms with E-state index in [-0.39, 0.29) is 11.8 Å². The fourth-order valence-corrected chi connectivity index (χ4v) is 4.60. The summed E-state index contributed by atoms with van der Waals surface area (Å²) in [5, 5.41) is 0. The van der Waals surface area contributed by atoms with Crippen LogP contribution in [0.15, 0.2) is 91.3 Å². The Hall–Kier alpha value is -3.99. The molecular weight excluding hydrogens is 422 g/mol. The molecule has 0 N–H and O–H groups in total. The summed E-state index contributed by atoms with van der Waals surface area (Å²) in [6.45, 7) is 2.42. The lowest BCUT2D eigenvalue weighted by atomic mass is 10.00. The number of carbonyl (C=O) groups is 2. The lowest BCUT2D eigenvalue weighted by Crippen LogP contribution is -2.37. The minimum Gasteiger partial charge on any atom is -0.334 e. The highest BCUT2D eigenvalue weighted by Crippen LogP contribution is 2.24. The first-order valence-electron chi connectivity index (χ1n) is 11.7. The number of carbonyl (C=O) groups excluding carboxylic acids is 2. The summed E-state index contributed by atoms with van der Waals surface area (Å²) in [5.41, 5.74) is 5.47. The van der Waals surface area contributed by atoms with Gasteiger partial charge in [-0.3, -0.25) is 14.6 Å². The zero-order valence-corrected chi connectivity index (χ0v) is 19.1. The Morgan fingerprint density at radius 2 is 1.09 bits per heavy atom. The summed E-state index contributed by atoms with van der Waals surface area (Å²) in [4.78, 5) is 34.5. The molecule has 0 saturated carbocycles. The summed E-state index contributed by atoms with van der Waals surface area (Å²) >= 11 is 0. The van der Waals surface area contributed by atoms with Crippen LogP contribution in [0.5, 0.6) is 0 Å². The standard InChI is InChI=1S/C29H27N3O2/c33-28(31-15-7-13-24(20-31)22-9-3-1-4-10-22)26-17-27(19-30-18-26)29(34)32-16-8-14-25(21-32)23-11-5-2-6-12-23/h1-6,9-14,17-19H,7-8,15-16,20-21H2. The molecule has 3 aromatic rings. The van der Waals surface area contributed by atoms with Gasteiger partial charge in [-0.1, -0.05) is 72.8 Å². The molecule has 0 saturated heterocycles. The molecular formula is C29H27N3O2. The van der Waals surface area contributed by atoms with Crippen LogP contribution in [-0.2, 0) is 0 Å². The fraction of sp³-hybridized carbons (Fsp3) is 0.207. The van der Waals surface area contributed by atoms with Crippen molar-refractivity contribution >= 4 is 23.0 Å². The molecule has 3 heterocycles. The summed E-state index contributed by atoms with van der Waals surface area (Å²) in [7, 11) is 0. The van der Waals surface area contributed by atoms with Gasteiger partial charge in [0.25, 0.3) is 11.8 Å². The Morgan fingerprint density at radius 1 is 0.647 bits per heavy atom. The van der Waals surface area contributed by atoms with Crippen molar-refractivity contribution in [3.8, 4) is 0 Å². The second-order valence-electron chi connectivity index (χ2n) is 8.68. The van der Waals surface area contributed by atoms with Gasteiger partial charge in [-0.25, -0.2) is 0 Å². The molecule has 0 unspecified atom stereocenters. The monoisotopic (exact) mass is 449 g/mol. The maximum Gasteiger partial charge on any atom is 0.255 e. The molecule has 0 atom stereocenters. The number of benzene rings is 2. The van der Waals surface area contributed by atoms with Gasteiger partial charge >= 0.3 is 0 Å². The maximum atomic E-state index is 13.3. The van der Waals surface area contributed by atoms with E-state index in [4.69, 9.17) is 0 Å². The van der Waals surface area contributed by atoms with Crippen LogP contribution in [0, 0.1) is 0 Å². The van der Waals surface area contributed by atoms with Crippen LogP contribution in [0.1, 0.15) is 44.7 Å². The summed E-state index contributed by atoms with van der Waals surface area (Å²) in [6, 6.07) is 22.0. The van der Waals surface area contributed by atoms with Gasteiger partial charge in [0.1, 0.15) is 0 Å². The third kappa shape index (κ3) is 4.69. The van der Waals surface area contributed by atoms with E-state index in [9.17, 15) is 9.59 Å². The lowest BCUT2D eigenvalue weighted by molar-refractivity contribution is 0.0772. The summed E-state index contributed by atoms with van der Waals surface area (Å²) < 4.78 is 0. The van der Waals surface area contributed by atoms with Crippen molar-refractivity contribution < 1.29 is 9.59 Å². The molecule has 2 aliphatic heterocycles. The van der Waals surface area contributed by atoms with Crippen molar-refractivity contribution in [3.63, 3.8) is 0 Å². The van der Waals surface area contributed by atoms with E-state index in [1.165, 1.54) is 0 Å². The van der Waals surface area contributed by atoms with Gasteiger partial charge in [-0.05, 0) is 41.2 Å².